The number of nitrogens with two attached hydrogens (primary N) is 1. The maximum absolute atomic E-state index is 6.16. The van der Waals surface area contributed by atoms with Crippen molar-refractivity contribution in [2.24, 2.45) is 0 Å². The van der Waals surface area contributed by atoms with Crippen LogP contribution in [-0.2, 0) is 13.0 Å². The van der Waals surface area contributed by atoms with Crippen molar-refractivity contribution < 1.29 is 0 Å². The third-order valence-corrected chi connectivity index (χ3v) is 4.11. The predicted molar refractivity (Wildman–Crippen MR) is 84.5 cm³/mol. The summed E-state index contributed by atoms with van der Waals surface area (Å²) in [6.07, 6.45) is 2.19. The minimum atomic E-state index is 0.422. The van der Waals surface area contributed by atoms with Gasteiger partial charge in [0.1, 0.15) is 10.3 Å². The molecule has 0 fully saturated rings. The normalized spacial score (nSPS) is 14.2. The van der Waals surface area contributed by atoms with Gasteiger partial charge < -0.3 is 10.6 Å². The highest BCUT2D eigenvalue weighted by atomic mass is 35.5. The highest BCUT2D eigenvalue weighted by molar-refractivity contribution is 6.32. The van der Waals surface area contributed by atoms with E-state index in [0.29, 0.717) is 10.3 Å². The molecule has 2 aromatic rings. The van der Waals surface area contributed by atoms with Crippen molar-refractivity contribution in [1.82, 2.24) is 4.98 Å². The van der Waals surface area contributed by atoms with Gasteiger partial charge in [0.25, 0.3) is 0 Å². The van der Waals surface area contributed by atoms with Crippen LogP contribution in [0, 0.1) is 0 Å². The van der Waals surface area contributed by atoms with Crippen LogP contribution in [0.15, 0.2) is 30.3 Å². The Balaban J connectivity index is 1.89. The molecular weight excluding hydrogens is 293 g/mol. The van der Waals surface area contributed by atoms with E-state index in [1.165, 1.54) is 11.3 Å². The first-order chi connectivity index (χ1) is 9.63. The summed E-state index contributed by atoms with van der Waals surface area (Å²) >= 11 is 12.0. The van der Waals surface area contributed by atoms with Gasteiger partial charge in [-0.1, -0.05) is 29.3 Å². The van der Waals surface area contributed by atoms with Crippen LogP contribution in [0.25, 0.3) is 0 Å². The third-order valence-electron chi connectivity index (χ3n) is 3.57. The Hall–Kier alpha value is -1.45. The fraction of sp³-hybridized carbons (Fsp3) is 0.267. The lowest BCUT2D eigenvalue weighted by Crippen LogP contribution is -2.29. The van der Waals surface area contributed by atoms with Gasteiger partial charge in [0.2, 0.25) is 0 Å². The lowest BCUT2D eigenvalue weighted by Gasteiger charge is -2.31. The maximum atomic E-state index is 6.16. The summed E-state index contributed by atoms with van der Waals surface area (Å²) in [6.45, 7) is 1.75. The Labute approximate surface area is 128 Å². The number of hydrogen-bond donors (Lipinski definition) is 1. The van der Waals surface area contributed by atoms with Gasteiger partial charge >= 0.3 is 0 Å². The number of hydrogen-bond acceptors (Lipinski definition) is 3. The predicted octanol–water partition coefficient (Wildman–Crippen LogP) is 3.92. The van der Waals surface area contributed by atoms with Crippen molar-refractivity contribution in [2.75, 3.05) is 17.2 Å². The summed E-state index contributed by atoms with van der Waals surface area (Å²) in [7, 11) is 0. The van der Waals surface area contributed by atoms with Crippen LogP contribution in [0.3, 0.4) is 0 Å². The third kappa shape index (κ3) is 2.69. The topological polar surface area (TPSA) is 42.1 Å². The van der Waals surface area contributed by atoms with Crippen molar-refractivity contribution in [3.63, 3.8) is 0 Å². The number of nitrogen functional groups attached to an aromatic ring is 1. The molecule has 1 aliphatic heterocycles. The average molecular weight is 308 g/mol. The Bertz CT molecular complexity index is 643. The number of benzene rings is 1. The summed E-state index contributed by atoms with van der Waals surface area (Å²) in [5, 5.41) is 0.894. The number of aryl methyl sites for hydroxylation is 1. The molecule has 0 saturated carbocycles. The minimum absolute atomic E-state index is 0.422. The van der Waals surface area contributed by atoms with Crippen LogP contribution in [0.2, 0.25) is 10.3 Å². The standard InChI is InChI=1S/C15H15Cl2N3/c16-14-6-3-11(15(17)19-14)9-20-7-1-2-10-8-12(18)4-5-13(10)20/h3-6,8H,1-2,7,9,18H2. The Kier molecular flexibility index (Phi) is 3.72. The molecule has 0 bridgehead atoms. The number of halogens is 2. The first kappa shape index (κ1) is 13.5. The van der Waals surface area contributed by atoms with E-state index >= 15 is 0 Å². The van der Waals surface area contributed by atoms with E-state index < -0.39 is 0 Å². The second kappa shape index (κ2) is 5.51. The van der Waals surface area contributed by atoms with E-state index in [1.807, 2.05) is 12.1 Å². The lowest BCUT2D eigenvalue weighted by atomic mass is 10.0. The Morgan fingerprint density at radius 2 is 2.05 bits per heavy atom. The first-order valence-electron chi connectivity index (χ1n) is 6.58. The van der Waals surface area contributed by atoms with Gasteiger partial charge in [0.05, 0.1) is 0 Å². The van der Waals surface area contributed by atoms with Crippen LogP contribution < -0.4 is 10.6 Å². The van der Waals surface area contributed by atoms with E-state index in [-0.39, 0.29) is 0 Å². The second-order valence-electron chi connectivity index (χ2n) is 5.00. The Morgan fingerprint density at radius 1 is 1.20 bits per heavy atom. The molecule has 0 atom stereocenters. The zero-order chi connectivity index (χ0) is 14.1. The summed E-state index contributed by atoms with van der Waals surface area (Å²) in [5.74, 6) is 0. The molecule has 0 aliphatic carbocycles. The fourth-order valence-corrected chi connectivity index (χ4v) is 3.03. The number of aromatic nitrogens is 1. The molecule has 1 aromatic heterocycles. The van der Waals surface area contributed by atoms with Gasteiger partial charge in [-0.15, -0.1) is 0 Å². The van der Waals surface area contributed by atoms with Crippen molar-refractivity contribution in [3.8, 4) is 0 Å². The number of anilines is 2. The molecule has 5 heteroatoms. The maximum Gasteiger partial charge on any atom is 0.135 e. The molecule has 2 N–H and O–H groups in total. The zero-order valence-corrected chi connectivity index (χ0v) is 12.5. The summed E-state index contributed by atoms with van der Waals surface area (Å²) < 4.78 is 0. The highest BCUT2D eigenvalue weighted by Gasteiger charge is 2.18. The number of pyridine rings is 1. The monoisotopic (exact) mass is 307 g/mol. The molecule has 0 amide bonds. The van der Waals surface area contributed by atoms with Gasteiger partial charge in [-0.25, -0.2) is 4.98 Å². The molecule has 0 spiro atoms. The summed E-state index contributed by atoms with van der Waals surface area (Å²) in [5.41, 5.74) is 10.2. The van der Waals surface area contributed by atoms with Crippen molar-refractivity contribution >= 4 is 34.6 Å². The van der Waals surface area contributed by atoms with Gasteiger partial charge in [0, 0.05) is 30.0 Å². The summed E-state index contributed by atoms with van der Waals surface area (Å²) in [6, 6.07) is 9.79. The molecule has 20 heavy (non-hydrogen) atoms. The van der Waals surface area contributed by atoms with Gasteiger partial charge in [0.15, 0.2) is 0 Å². The molecule has 3 nitrogen and oxygen atoms in total. The highest BCUT2D eigenvalue weighted by Crippen LogP contribution is 2.31. The average Bonchev–Trinajstić information content (AvgIpc) is 2.41. The number of rotatable bonds is 2. The lowest BCUT2D eigenvalue weighted by molar-refractivity contribution is 0.690. The molecular formula is C15H15Cl2N3. The van der Waals surface area contributed by atoms with Crippen molar-refractivity contribution in [1.29, 1.82) is 0 Å². The largest absolute Gasteiger partial charge is 0.399 e. The fourth-order valence-electron chi connectivity index (χ4n) is 2.62. The SMILES string of the molecule is Nc1ccc2c(c1)CCCN2Cc1ccc(Cl)nc1Cl. The van der Waals surface area contributed by atoms with E-state index in [2.05, 4.69) is 22.0 Å². The number of fused-ring (bicyclic) bond motifs is 1. The zero-order valence-electron chi connectivity index (χ0n) is 10.9. The van der Waals surface area contributed by atoms with Crippen molar-refractivity contribution in [3.05, 3.63) is 51.8 Å². The van der Waals surface area contributed by atoms with E-state index in [1.54, 1.807) is 6.07 Å². The molecule has 1 aliphatic rings. The molecule has 0 unspecified atom stereocenters. The van der Waals surface area contributed by atoms with E-state index in [0.717, 1.165) is 37.2 Å². The quantitative estimate of drug-likeness (QED) is 0.675. The minimum Gasteiger partial charge on any atom is -0.399 e. The van der Waals surface area contributed by atoms with Crippen LogP contribution in [0.1, 0.15) is 17.5 Å². The molecule has 1 aromatic carbocycles. The van der Waals surface area contributed by atoms with Crippen molar-refractivity contribution in [2.45, 2.75) is 19.4 Å². The molecule has 3 rings (SSSR count). The van der Waals surface area contributed by atoms with Crippen LogP contribution >= 0.6 is 23.2 Å². The molecule has 0 saturated heterocycles. The molecule has 2 heterocycles. The summed E-state index contributed by atoms with van der Waals surface area (Å²) in [4.78, 5) is 6.41. The van der Waals surface area contributed by atoms with Gasteiger partial charge in [-0.2, -0.15) is 0 Å². The van der Waals surface area contributed by atoms with Crippen LogP contribution in [0.4, 0.5) is 11.4 Å². The van der Waals surface area contributed by atoms with E-state index in [9.17, 15) is 0 Å². The second-order valence-corrected chi connectivity index (χ2v) is 5.74. The van der Waals surface area contributed by atoms with Crippen LogP contribution in [0.5, 0.6) is 0 Å². The molecule has 0 radical (unpaired) electrons. The van der Waals surface area contributed by atoms with Gasteiger partial charge in [-0.3, -0.25) is 0 Å². The van der Waals surface area contributed by atoms with Gasteiger partial charge in [-0.05, 0) is 42.7 Å². The number of nitrogens with zero attached hydrogens (tertiary/aromatic N) is 2. The smallest absolute Gasteiger partial charge is 0.135 e. The molecule has 104 valence electrons. The first-order valence-corrected chi connectivity index (χ1v) is 7.33. The van der Waals surface area contributed by atoms with E-state index in [4.69, 9.17) is 28.9 Å². The Morgan fingerprint density at radius 3 is 2.85 bits per heavy atom. The van der Waals surface area contributed by atoms with Crippen LogP contribution in [-0.4, -0.2) is 11.5 Å².